The maximum absolute atomic E-state index is 14.9. The molecule has 2 saturated carbocycles. The van der Waals surface area contributed by atoms with Crippen LogP contribution in [0, 0.1) is 11.3 Å². The number of thiazole rings is 1. The van der Waals surface area contributed by atoms with Gasteiger partial charge >= 0.3 is 0 Å². The number of hydrogen-bond acceptors (Lipinski definition) is 11. The minimum atomic E-state index is -4.11. The first kappa shape index (κ1) is 41.9. The van der Waals surface area contributed by atoms with Gasteiger partial charge in [0.2, 0.25) is 34.1 Å². The third-order valence-corrected chi connectivity index (χ3v) is 14.6. The Hall–Kier alpha value is -4.77. The van der Waals surface area contributed by atoms with Crippen LogP contribution in [0.2, 0.25) is 0 Å². The monoisotopic (exact) mass is 863 g/mol. The molecule has 2 aromatic carbocycles. The minimum absolute atomic E-state index is 0.0821. The molecular formula is C43H51F2N7O6S2. The lowest BCUT2D eigenvalue weighted by atomic mass is 9.85. The van der Waals surface area contributed by atoms with Crippen molar-refractivity contribution < 1.29 is 36.3 Å². The number of nitrogens with one attached hydrogen (secondary N) is 3. The van der Waals surface area contributed by atoms with Crippen molar-refractivity contribution in [3.05, 3.63) is 65.2 Å². The Balaban J connectivity index is 1.16. The molecule has 8 rings (SSSR count). The highest BCUT2D eigenvalue weighted by atomic mass is 32.2. The van der Waals surface area contributed by atoms with Gasteiger partial charge in [-0.1, -0.05) is 70.4 Å². The van der Waals surface area contributed by atoms with Gasteiger partial charge in [-0.25, -0.2) is 32.2 Å². The number of rotatable bonds is 6. The Morgan fingerprint density at radius 3 is 2.40 bits per heavy atom. The predicted octanol–water partition coefficient (Wildman–Crippen LogP) is 6.43. The largest absolute Gasteiger partial charge is 0.471 e. The van der Waals surface area contributed by atoms with Gasteiger partial charge in [0.25, 0.3) is 5.91 Å². The maximum atomic E-state index is 14.9. The number of hydrogen-bond donors (Lipinski definition) is 3. The fourth-order valence-corrected chi connectivity index (χ4v) is 10.4. The van der Waals surface area contributed by atoms with Crippen molar-refractivity contribution in [3.63, 3.8) is 0 Å². The van der Waals surface area contributed by atoms with Crippen molar-refractivity contribution >= 4 is 55.2 Å². The van der Waals surface area contributed by atoms with Crippen LogP contribution in [0.25, 0.3) is 22.3 Å². The lowest BCUT2D eigenvalue weighted by molar-refractivity contribution is -0.141. The molecule has 4 aromatic rings. The Morgan fingerprint density at radius 2 is 1.70 bits per heavy atom. The summed E-state index contributed by atoms with van der Waals surface area (Å²) in [6.07, 6.45) is 3.26. The topological polar surface area (TPSA) is 173 Å². The molecule has 0 unspecified atom stereocenters. The number of ether oxygens (including phenoxy) is 1. The summed E-state index contributed by atoms with van der Waals surface area (Å²) in [5, 5.41) is 7.61. The van der Waals surface area contributed by atoms with E-state index in [2.05, 4.69) is 22.8 Å². The molecule has 3 amide bonds. The van der Waals surface area contributed by atoms with Gasteiger partial charge in [-0.05, 0) is 74.1 Å². The number of nitrogens with zero attached hydrogens (tertiary/aromatic N) is 4. The molecule has 17 heteroatoms. The third kappa shape index (κ3) is 8.97. The fraction of sp³-hybridized carbons (Fsp3) is 0.535. The van der Waals surface area contributed by atoms with Gasteiger partial charge in [-0.2, -0.15) is 0 Å². The second-order valence-corrected chi connectivity index (χ2v) is 20.5. The van der Waals surface area contributed by atoms with Crippen molar-refractivity contribution in [1.29, 1.82) is 0 Å². The molecule has 6 bridgehead atoms. The molecule has 4 aliphatic rings. The summed E-state index contributed by atoms with van der Waals surface area (Å²) in [5.74, 6) is -3.95. The molecule has 2 aromatic heterocycles. The van der Waals surface area contributed by atoms with Crippen LogP contribution < -0.4 is 20.1 Å². The van der Waals surface area contributed by atoms with Crippen LogP contribution in [-0.4, -0.2) is 87.9 Å². The number of amides is 3. The van der Waals surface area contributed by atoms with E-state index in [1.54, 1.807) is 0 Å². The average molecular weight is 864 g/mol. The van der Waals surface area contributed by atoms with Crippen molar-refractivity contribution in [2.24, 2.45) is 11.3 Å². The molecule has 4 heterocycles. The number of anilines is 1. The van der Waals surface area contributed by atoms with E-state index in [1.165, 1.54) is 16.2 Å². The molecule has 13 nitrogen and oxygen atoms in total. The second kappa shape index (κ2) is 16.6. The van der Waals surface area contributed by atoms with Gasteiger partial charge in [-0.15, -0.1) is 11.3 Å². The third-order valence-electron chi connectivity index (χ3n) is 12.0. The van der Waals surface area contributed by atoms with E-state index in [0.29, 0.717) is 34.7 Å². The summed E-state index contributed by atoms with van der Waals surface area (Å²) in [6.45, 7) is 5.59. The van der Waals surface area contributed by atoms with Gasteiger partial charge in [0.15, 0.2) is 5.13 Å². The van der Waals surface area contributed by atoms with Crippen LogP contribution in [0.1, 0.15) is 89.8 Å². The van der Waals surface area contributed by atoms with Crippen molar-refractivity contribution in [1.82, 2.24) is 29.9 Å². The van der Waals surface area contributed by atoms with Crippen molar-refractivity contribution in [2.45, 2.75) is 127 Å². The van der Waals surface area contributed by atoms with Crippen molar-refractivity contribution in [2.75, 3.05) is 11.9 Å². The van der Waals surface area contributed by atoms with Crippen LogP contribution in [-0.2, 0) is 37.2 Å². The summed E-state index contributed by atoms with van der Waals surface area (Å²) < 4.78 is 62.8. The van der Waals surface area contributed by atoms with Crippen LogP contribution in [0.4, 0.5) is 13.9 Å². The Bertz CT molecular complexity index is 2390. The molecular weight excluding hydrogens is 813 g/mol. The number of benzene rings is 2. The van der Waals surface area contributed by atoms with Gasteiger partial charge in [0.1, 0.15) is 29.4 Å². The quantitative estimate of drug-likeness (QED) is 0.196. The summed E-state index contributed by atoms with van der Waals surface area (Å²) in [6, 6.07) is 13.3. The Kier molecular flexibility index (Phi) is 11.6. The first-order valence-electron chi connectivity index (χ1n) is 20.8. The molecule has 3 fully saturated rings. The van der Waals surface area contributed by atoms with E-state index >= 15 is 0 Å². The van der Waals surface area contributed by atoms with Crippen LogP contribution in [0.3, 0.4) is 0 Å². The second-order valence-electron chi connectivity index (χ2n) is 17.7. The summed E-state index contributed by atoms with van der Waals surface area (Å²) in [7, 11) is -4.11. The highest BCUT2D eigenvalue weighted by molar-refractivity contribution is 7.91. The lowest BCUT2D eigenvalue weighted by Gasteiger charge is -2.35. The number of halogens is 2. The molecule has 1 saturated heterocycles. The van der Waals surface area contributed by atoms with Crippen LogP contribution in [0.5, 0.6) is 5.88 Å². The first-order chi connectivity index (χ1) is 28.6. The zero-order valence-corrected chi connectivity index (χ0v) is 35.6. The minimum Gasteiger partial charge on any atom is -0.471 e. The number of aromatic nitrogens is 3. The zero-order valence-electron chi connectivity index (χ0n) is 34.0. The van der Waals surface area contributed by atoms with Gasteiger partial charge in [-0.3, -0.25) is 19.1 Å². The fourth-order valence-electron chi connectivity index (χ4n) is 8.29. The van der Waals surface area contributed by atoms with E-state index < -0.39 is 80.9 Å². The van der Waals surface area contributed by atoms with Crippen LogP contribution >= 0.6 is 11.3 Å². The van der Waals surface area contributed by atoms with E-state index in [4.69, 9.17) is 19.7 Å². The highest BCUT2D eigenvalue weighted by Crippen LogP contribution is 2.48. The lowest BCUT2D eigenvalue weighted by Crippen LogP contribution is -2.59. The summed E-state index contributed by atoms with van der Waals surface area (Å²) in [5.41, 5.74) is 1.70. The normalized spacial score (nSPS) is 25.3. The van der Waals surface area contributed by atoms with Gasteiger partial charge in [0, 0.05) is 17.4 Å². The van der Waals surface area contributed by atoms with E-state index in [-0.39, 0.29) is 18.8 Å². The van der Waals surface area contributed by atoms with E-state index in [9.17, 15) is 31.6 Å². The Labute approximate surface area is 352 Å². The SMILES string of the molecule is CC(C)(C)[C@@H]1Nc2nc(cs2)CCCCCCCc2cccc(c2)-c2nc3ccccc3nc2O[C@@H]2C[C@@H](C(=O)N[C@]3(C(=O)NS(=O)(=O)C4CC4)C[C@H]3C(F)F)N(C2)C1=O. The number of fused-ring (bicyclic) bond motifs is 9. The molecule has 2 aliphatic carbocycles. The number of alkyl halides is 2. The summed E-state index contributed by atoms with van der Waals surface area (Å²) >= 11 is 1.39. The first-order valence-corrected chi connectivity index (χ1v) is 23.2. The molecule has 320 valence electrons. The van der Waals surface area contributed by atoms with E-state index in [0.717, 1.165) is 61.8 Å². The molecule has 2 aliphatic heterocycles. The maximum Gasteiger partial charge on any atom is 0.259 e. The number of aryl methyl sites for hydroxylation is 2. The standard InChI is InChI=1S/C43H51F2N7O6S2/c1-42(2,3)35-39(54)52-23-28(21-33(52)37(53)50-43(22-30(43)36(44)45)40(55)51-60(56,57)29-18-19-29)58-38-34(47-31-16-9-10-17-32(31)48-38)26-14-11-13-25(20-26)12-7-5-4-6-8-15-27-24-59-41(46-27)49-35/h9-11,13-14,16-17,20,24,28-30,33,35-36H,4-8,12,15,18-19,21-23H2,1-3H3,(H,46,49)(H,50,53)(H,51,55)/t28-,30+,33+,35-,43-/m1/s1. The Morgan fingerprint density at radius 1 is 0.983 bits per heavy atom. The number of carbonyl (C=O) groups is 3. The molecule has 0 spiro atoms. The number of carbonyl (C=O) groups excluding carboxylic acids is 3. The zero-order chi connectivity index (χ0) is 42.4. The molecule has 0 radical (unpaired) electrons. The van der Waals surface area contributed by atoms with Crippen molar-refractivity contribution in [3.8, 4) is 17.1 Å². The van der Waals surface area contributed by atoms with Gasteiger partial charge in [0.05, 0.1) is 34.4 Å². The van der Waals surface area contributed by atoms with Crippen LogP contribution in [0.15, 0.2) is 53.9 Å². The molecule has 5 atom stereocenters. The number of sulfonamides is 1. The molecule has 3 N–H and O–H groups in total. The van der Waals surface area contributed by atoms with Gasteiger partial charge < -0.3 is 20.3 Å². The summed E-state index contributed by atoms with van der Waals surface area (Å²) in [4.78, 5) is 59.0. The molecule has 60 heavy (non-hydrogen) atoms. The average Bonchev–Trinajstić information content (AvgIpc) is 4.10. The smallest absolute Gasteiger partial charge is 0.259 e. The van der Waals surface area contributed by atoms with E-state index in [1.807, 2.05) is 67.3 Å². The predicted molar refractivity (Wildman–Crippen MR) is 224 cm³/mol. The highest BCUT2D eigenvalue weighted by Gasteiger charge is 2.67. The number of para-hydroxylation sites is 2.